The van der Waals surface area contributed by atoms with Crippen LogP contribution < -0.4 is 0 Å². The maximum absolute atomic E-state index is 11.7. The number of rotatable bonds is 5. The van der Waals surface area contributed by atoms with Crippen molar-refractivity contribution in [2.75, 3.05) is 18.6 Å². The predicted molar refractivity (Wildman–Crippen MR) is 75.7 cm³/mol. The molecule has 2 aliphatic rings. The van der Waals surface area contributed by atoms with Gasteiger partial charge in [0.2, 0.25) is 0 Å². The molecule has 1 aromatic rings. The van der Waals surface area contributed by atoms with Gasteiger partial charge in [-0.05, 0) is 25.3 Å². The first-order valence-corrected chi connectivity index (χ1v) is 8.93. The summed E-state index contributed by atoms with van der Waals surface area (Å²) in [6.45, 7) is 0.461. The number of sulfone groups is 1. The molecule has 0 unspecified atom stereocenters. The lowest BCUT2D eigenvalue weighted by Crippen LogP contribution is -2.37. The van der Waals surface area contributed by atoms with Crippen molar-refractivity contribution >= 4 is 15.8 Å². The highest BCUT2D eigenvalue weighted by Crippen LogP contribution is 2.34. The molecule has 116 valence electrons. The fourth-order valence-corrected chi connectivity index (χ4v) is 4.66. The van der Waals surface area contributed by atoms with Gasteiger partial charge in [-0.15, -0.1) is 0 Å². The van der Waals surface area contributed by atoms with Gasteiger partial charge in [0.05, 0.1) is 31.4 Å². The number of nitrogens with zero attached hydrogens (tertiary/aromatic N) is 1. The van der Waals surface area contributed by atoms with Gasteiger partial charge in [0, 0.05) is 12.1 Å². The van der Waals surface area contributed by atoms with E-state index in [1.54, 1.807) is 6.07 Å². The summed E-state index contributed by atoms with van der Waals surface area (Å²) in [6, 6.07) is 2.02. The highest BCUT2D eigenvalue weighted by molar-refractivity contribution is 7.91. The number of carbonyl (C=O) groups is 1. The molecule has 21 heavy (non-hydrogen) atoms. The Morgan fingerprint density at radius 2 is 2.14 bits per heavy atom. The fraction of sp³-hybridized carbons (Fsp3) is 0.643. The smallest absolute Gasteiger partial charge is 0.341 e. The second kappa shape index (κ2) is 5.46. The molecule has 1 aliphatic heterocycles. The summed E-state index contributed by atoms with van der Waals surface area (Å²) < 4.78 is 33.5. The van der Waals surface area contributed by atoms with Crippen LogP contribution in [0.2, 0.25) is 0 Å². The van der Waals surface area contributed by atoms with E-state index >= 15 is 0 Å². The number of carbonyl (C=O) groups excluding carboxylic acids is 1. The minimum Gasteiger partial charge on any atom is -0.467 e. The Labute approximate surface area is 124 Å². The zero-order valence-electron chi connectivity index (χ0n) is 11.9. The second-order valence-corrected chi connectivity index (χ2v) is 7.94. The molecule has 0 amide bonds. The SMILES string of the molecule is COC(=O)c1ccoc1CN(C1CC1)[C@H]1CCS(=O)(=O)C1. The minimum atomic E-state index is -2.92. The van der Waals surface area contributed by atoms with Crippen LogP contribution in [-0.2, 0) is 21.1 Å². The molecule has 1 aromatic heterocycles. The van der Waals surface area contributed by atoms with Gasteiger partial charge >= 0.3 is 5.97 Å². The lowest BCUT2D eigenvalue weighted by Gasteiger charge is -2.27. The highest BCUT2D eigenvalue weighted by atomic mass is 32.2. The van der Waals surface area contributed by atoms with Crippen LogP contribution in [0, 0.1) is 0 Å². The van der Waals surface area contributed by atoms with Crippen LogP contribution in [0.3, 0.4) is 0 Å². The lowest BCUT2D eigenvalue weighted by atomic mass is 10.2. The van der Waals surface area contributed by atoms with Crippen molar-refractivity contribution in [1.29, 1.82) is 0 Å². The Bertz CT molecular complexity index is 632. The first-order valence-electron chi connectivity index (χ1n) is 7.11. The van der Waals surface area contributed by atoms with Crippen molar-refractivity contribution < 1.29 is 22.4 Å². The van der Waals surface area contributed by atoms with Gasteiger partial charge < -0.3 is 9.15 Å². The number of ether oxygens (including phenoxy) is 1. The molecule has 2 heterocycles. The zero-order chi connectivity index (χ0) is 15.0. The minimum absolute atomic E-state index is 0.0260. The van der Waals surface area contributed by atoms with Gasteiger partial charge in [-0.25, -0.2) is 13.2 Å². The fourth-order valence-electron chi connectivity index (χ4n) is 2.92. The first kappa shape index (κ1) is 14.6. The molecule has 1 aliphatic carbocycles. The zero-order valence-corrected chi connectivity index (χ0v) is 12.8. The molecule has 0 N–H and O–H groups in total. The summed E-state index contributed by atoms with van der Waals surface area (Å²) in [6.07, 6.45) is 4.28. The van der Waals surface area contributed by atoms with E-state index in [2.05, 4.69) is 4.90 Å². The van der Waals surface area contributed by atoms with Gasteiger partial charge in [-0.3, -0.25) is 4.90 Å². The average Bonchev–Trinajstić information content (AvgIpc) is 3.07. The molecular formula is C14H19NO5S. The van der Waals surface area contributed by atoms with E-state index in [1.165, 1.54) is 13.4 Å². The summed E-state index contributed by atoms with van der Waals surface area (Å²) >= 11 is 0. The Morgan fingerprint density at radius 3 is 2.71 bits per heavy atom. The van der Waals surface area contributed by atoms with Crippen LogP contribution in [0.5, 0.6) is 0 Å². The summed E-state index contributed by atoms with van der Waals surface area (Å²) in [7, 11) is -1.59. The largest absolute Gasteiger partial charge is 0.467 e. The Morgan fingerprint density at radius 1 is 1.38 bits per heavy atom. The van der Waals surface area contributed by atoms with Gasteiger partial charge in [0.1, 0.15) is 11.3 Å². The van der Waals surface area contributed by atoms with E-state index < -0.39 is 15.8 Å². The first-order chi connectivity index (χ1) is 10.00. The van der Waals surface area contributed by atoms with Gasteiger partial charge in [-0.1, -0.05) is 0 Å². The maximum atomic E-state index is 11.7. The summed E-state index contributed by atoms with van der Waals surface area (Å²) in [5.41, 5.74) is 0.420. The molecule has 0 aromatic carbocycles. The molecule has 6 nitrogen and oxygen atoms in total. The maximum Gasteiger partial charge on any atom is 0.341 e. The Hall–Kier alpha value is -1.34. The Balaban J connectivity index is 1.78. The van der Waals surface area contributed by atoms with Crippen LogP contribution in [-0.4, -0.2) is 50.0 Å². The molecule has 0 bridgehead atoms. The molecule has 3 rings (SSSR count). The third kappa shape index (κ3) is 3.13. The predicted octanol–water partition coefficient (Wildman–Crippen LogP) is 1.22. The van der Waals surface area contributed by atoms with E-state index in [4.69, 9.17) is 9.15 Å². The highest BCUT2D eigenvalue weighted by Gasteiger charge is 2.40. The van der Waals surface area contributed by atoms with Crippen molar-refractivity contribution in [2.45, 2.75) is 37.9 Å². The number of hydrogen-bond acceptors (Lipinski definition) is 6. The summed E-state index contributed by atoms with van der Waals surface area (Å²) in [5.74, 6) is 0.590. The lowest BCUT2D eigenvalue weighted by molar-refractivity contribution is 0.0595. The van der Waals surface area contributed by atoms with Gasteiger partial charge in [-0.2, -0.15) is 0 Å². The van der Waals surface area contributed by atoms with Crippen molar-refractivity contribution in [3.8, 4) is 0 Å². The van der Waals surface area contributed by atoms with E-state index in [-0.39, 0.29) is 17.5 Å². The molecule has 7 heteroatoms. The molecule has 0 radical (unpaired) electrons. The normalized spacial score (nSPS) is 24.4. The van der Waals surface area contributed by atoms with Crippen LogP contribution in [0.1, 0.15) is 35.4 Å². The van der Waals surface area contributed by atoms with Crippen LogP contribution in [0.15, 0.2) is 16.7 Å². The van der Waals surface area contributed by atoms with Crippen LogP contribution >= 0.6 is 0 Å². The number of furan rings is 1. The van der Waals surface area contributed by atoms with E-state index in [0.717, 1.165) is 12.8 Å². The number of hydrogen-bond donors (Lipinski definition) is 0. The summed E-state index contributed by atoms with van der Waals surface area (Å²) in [4.78, 5) is 13.9. The van der Waals surface area contributed by atoms with Crippen LogP contribution in [0.4, 0.5) is 0 Å². The molecular weight excluding hydrogens is 294 g/mol. The van der Waals surface area contributed by atoms with E-state index in [9.17, 15) is 13.2 Å². The molecule has 1 saturated carbocycles. The standard InChI is InChI=1S/C14H19NO5S/c1-19-14(16)12-4-6-20-13(12)8-15(10-2-3-10)11-5-7-21(17,18)9-11/h4,6,10-11H,2-3,5,7-9H2,1H3/t11-/m0/s1. The van der Waals surface area contributed by atoms with E-state index in [0.29, 0.717) is 30.3 Å². The van der Waals surface area contributed by atoms with Gasteiger partial charge in [0.15, 0.2) is 9.84 Å². The Kier molecular flexibility index (Phi) is 3.79. The van der Waals surface area contributed by atoms with Crippen molar-refractivity contribution in [1.82, 2.24) is 4.90 Å². The molecule has 1 atom stereocenters. The van der Waals surface area contributed by atoms with Crippen LogP contribution in [0.25, 0.3) is 0 Å². The average molecular weight is 313 g/mol. The quantitative estimate of drug-likeness (QED) is 0.761. The van der Waals surface area contributed by atoms with Crippen molar-refractivity contribution in [3.05, 3.63) is 23.7 Å². The van der Waals surface area contributed by atoms with E-state index in [1.807, 2.05) is 0 Å². The second-order valence-electron chi connectivity index (χ2n) is 5.71. The number of methoxy groups -OCH3 is 1. The summed E-state index contributed by atoms with van der Waals surface area (Å²) in [5, 5.41) is 0. The van der Waals surface area contributed by atoms with Crippen molar-refractivity contribution in [3.63, 3.8) is 0 Å². The molecule has 2 fully saturated rings. The molecule has 0 spiro atoms. The van der Waals surface area contributed by atoms with Crippen molar-refractivity contribution in [2.24, 2.45) is 0 Å². The monoisotopic (exact) mass is 313 g/mol. The third-order valence-electron chi connectivity index (χ3n) is 4.17. The third-order valence-corrected chi connectivity index (χ3v) is 5.92. The topological polar surface area (TPSA) is 76.8 Å². The number of esters is 1. The molecule has 1 saturated heterocycles. The van der Waals surface area contributed by atoms with Gasteiger partial charge in [0.25, 0.3) is 0 Å².